The van der Waals surface area contributed by atoms with Gasteiger partial charge in [0.15, 0.2) is 12.2 Å². The van der Waals surface area contributed by atoms with Gasteiger partial charge in [-0.25, -0.2) is 4.79 Å². The molecule has 476 valence electrons. The fourth-order valence-electron chi connectivity index (χ4n) is 10.3. The number of carboxylic acids is 3. The van der Waals surface area contributed by atoms with Crippen molar-refractivity contribution in [2.24, 2.45) is 22.6 Å². The number of carboxylic acid groups (broad SMARTS) is 3. The lowest BCUT2D eigenvalue weighted by Crippen LogP contribution is -2.54. The van der Waals surface area contributed by atoms with Crippen LogP contribution in [0.3, 0.4) is 0 Å². The summed E-state index contributed by atoms with van der Waals surface area (Å²) in [7, 11) is 0. The molecule has 1 aliphatic heterocycles. The van der Waals surface area contributed by atoms with E-state index in [0.717, 1.165) is 30.4 Å². The van der Waals surface area contributed by atoms with Crippen LogP contribution in [0.25, 0.3) is 0 Å². The standard InChI is InChI=1S/C60H88N14O13/c1-2-51(77)63-26-27-66-60(87)70-59(61)65-23-6-10-49(57(85)68-37-43-13-21-48(76)22-14-43)69-58(86)55(44-8-4-3-5-9-44)45-17-19-47(20-18-45)62-24-7-25-64-56(84)46-15-11-42(12-16-46)36-67-50(41-75)74-34-32-72(39-53(80)81)30-28-71(38-52(78)79)29-31-73(33-35-74)40-54(82)83/h3-5,8-9,13-14,17-22,41-42,46,49-50,55,62,67,76H,2,6-7,10-12,15-16,23-40H2,1H3,(H,63,77)(H,64,84)(H,68,85)(H,69,86)(H,78,79)(H,80,81)(H,82,83)(H4,61,65,66,70,87)/t42?,46?,49-,50?,55-/m1/s1. The average Bonchev–Trinajstić information content (AvgIpc) is 3.51. The number of hydrogen-bond donors (Lipinski definition) is 13. The summed E-state index contributed by atoms with van der Waals surface area (Å²) in [6, 6.07) is 21.4. The first-order valence-corrected chi connectivity index (χ1v) is 29.8. The Morgan fingerprint density at radius 1 is 0.655 bits per heavy atom. The van der Waals surface area contributed by atoms with Gasteiger partial charge in [-0.1, -0.05) is 61.5 Å². The number of nitrogens with one attached hydrogen (secondary N) is 8. The molecule has 87 heavy (non-hydrogen) atoms. The number of aromatic hydroxyl groups is 1. The molecular formula is C60H88N14O13. The lowest BCUT2D eigenvalue weighted by Gasteiger charge is -2.36. The van der Waals surface area contributed by atoms with Gasteiger partial charge in [0.1, 0.15) is 18.0 Å². The molecular weight excluding hydrogens is 1120 g/mol. The van der Waals surface area contributed by atoms with Crippen LogP contribution in [0.1, 0.15) is 80.9 Å². The van der Waals surface area contributed by atoms with E-state index in [-0.39, 0.29) is 127 Å². The second-order valence-electron chi connectivity index (χ2n) is 21.7. The highest BCUT2D eigenvalue weighted by atomic mass is 16.4. The molecule has 0 bridgehead atoms. The van der Waals surface area contributed by atoms with Crippen molar-refractivity contribution < 1.29 is 63.6 Å². The molecule has 0 spiro atoms. The Hall–Kier alpha value is -8.24. The van der Waals surface area contributed by atoms with Crippen LogP contribution in [0.5, 0.6) is 5.75 Å². The number of amides is 6. The summed E-state index contributed by atoms with van der Waals surface area (Å²) in [6.45, 7) is 5.36. The van der Waals surface area contributed by atoms with Gasteiger partial charge < -0.3 is 62.9 Å². The van der Waals surface area contributed by atoms with Crippen molar-refractivity contribution in [1.29, 1.82) is 0 Å². The second-order valence-corrected chi connectivity index (χ2v) is 21.7. The number of nitrogens with two attached hydrogens (primary N) is 1. The van der Waals surface area contributed by atoms with E-state index in [9.17, 15) is 63.6 Å². The predicted molar refractivity (Wildman–Crippen MR) is 325 cm³/mol. The Morgan fingerprint density at radius 3 is 1.80 bits per heavy atom. The van der Waals surface area contributed by atoms with E-state index in [1.807, 2.05) is 59.5 Å². The second kappa shape index (κ2) is 38.0. The summed E-state index contributed by atoms with van der Waals surface area (Å²) in [5.74, 6) is -4.93. The molecule has 14 N–H and O–H groups in total. The number of urea groups is 1. The van der Waals surface area contributed by atoms with Gasteiger partial charge in [0.25, 0.3) is 0 Å². The largest absolute Gasteiger partial charge is 0.508 e. The number of carbonyl (C=O) groups excluding carboxylic acids is 6. The highest BCUT2D eigenvalue weighted by molar-refractivity contribution is 5.95. The van der Waals surface area contributed by atoms with Crippen LogP contribution >= 0.6 is 0 Å². The molecule has 3 atom stereocenters. The van der Waals surface area contributed by atoms with E-state index in [4.69, 9.17) is 5.73 Å². The Kier molecular flexibility index (Phi) is 30.4. The number of benzene rings is 3. The smallest absolute Gasteiger partial charge is 0.321 e. The number of carbonyl (C=O) groups is 9. The average molecular weight is 1210 g/mol. The summed E-state index contributed by atoms with van der Waals surface area (Å²) in [6.07, 6.45) is 4.40. The normalized spacial score (nSPS) is 17.8. The minimum atomic E-state index is -1.04. The van der Waals surface area contributed by atoms with Crippen molar-refractivity contribution in [1.82, 2.24) is 56.8 Å². The molecule has 0 aromatic heterocycles. The zero-order chi connectivity index (χ0) is 62.9. The number of hydrogen-bond acceptors (Lipinski definition) is 17. The third-order valence-corrected chi connectivity index (χ3v) is 15.2. The van der Waals surface area contributed by atoms with Gasteiger partial charge in [0.05, 0.1) is 25.6 Å². The minimum absolute atomic E-state index is 0.0128. The predicted octanol–water partition coefficient (Wildman–Crippen LogP) is 0.560. The first-order chi connectivity index (χ1) is 41.9. The molecule has 1 saturated carbocycles. The maximum atomic E-state index is 14.4. The number of phenolic OH excluding ortho intramolecular Hbond substituents is 1. The van der Waals surface area contributed by atoms with Gasteiger partial charge in [-0.2, -0.15) is 0 Å². The van der Waals surface area contributed by atoms with Crippen molar-refractivity contribution >= 4 is 65.5 Å². The monoisotopic (exact) mass is 1210 g/mol. The quantitative estimate of drug-likeness (QED) is 0.0176. The molecule has 5 rings (SSSR count). The van der Waals surface area contributed by atoms with Crippen LogP contribution in [0.2, 0.25) is 0 Å². The number of rotatable bonds is 32. The summed E-state index contributed by atoms with van der Waals surface area (Å²) in [4.78, 5) is 124. The van der Waals surface area contributed by atoms with Crippen LogP contribution < -0.4 is 48.3 Å². The van der Waals surface area contributed by atoms with Gasteiger partial charge in [-0.3, -0.25) is 68.8 Å². The molecule has 0 radical (unpaired) electrons. The summed E-state index contributed by atoms with van der Waals surface area (Å²) >= 11 is 0. The number of phenols is 1. The molecule has 1 aliphatic carbocycles. The van der Waals surface area contributed by atoms with Crippen molar-refractivity contribution in [2.75, 3.05) is 117 Å². The Bertz CT molecular complexity index is 2670. The van der Waals surface area contributed by atoms with Gasteiger partial charge in [-0.05, 0) is 98.4 Å². The van der Waals surface area contributed by atoms with Crippen LogP contribution in [-0.4, -0.2) is 223 Å². The molecule has 1 unspecified atom stereocenters. The van der Waals surface area contributed by atoms with E-state index in [1.165, 1.54) is 12.1 Å². The van der Waals surface area contributed by atoms with E-state index >= 15 is 0 Å². The molecule has 1 saturated heterocycles. The number of aliphatic carboxylic acids is 3. The third kappa shape index (κ3) is 26.5. The molecule has 27 nitrogen and oxygen atoms in total. The molecule has 6 amide bonds. The number of aliphatic imine (C=N–C) groups is 1. The van der Waals surface area contributed by atoms with E-state index in [1.54, 1.807) is 33.8 Å². The number of aldehydes is 1. The van der Waals surface area contributed by atoms with Gasteiger partial charge >= 0.3 is 23.9 Å². The lowest BCUT2D eigenvalue weighted by atomic mass is 9.81. The molecule has 3 aromatic rings. The maximum absolute atomic E-state index is 14.4. The number of anilines is 1. The Morgan fingerprint density at radius 2 is 1.23 bits per heavy atom. The zero-order valence-corrected chi connectivity index (χ0v) is 49.6. The van der Waals surface area contributed by atoms with Gasteiger partial charge in [0, 0.05) is 110 Å². The van der Waals surface area contributed by atoms with E-state index < -0.39 is 53.9 Å². The van der Waals surface area contributed by atoms with Crippen molar-refractivity contribution in [2.45, 2.75) is 83.0 Å². The molecule has 2 aliphatic rings. The van der Waals surface area contributed by atoms with Crippen LogP contribution in [0.15, 0.2) is 83.9 Å². The highest BCUT2D eigenvalue weighted by Gasteiger charge is 2.30. The summed E-state index contributed by atoms with van der Waals surface area (Å²) in [5, 5.41) is 61.8. The van der Waals surface area contributed by atoms with Crippen molar-refractivity contribution in [3.8, 4) is 5.75 Å². The molecule has 1 heterocycles. The van der Waals surface area contributed by atoms with E-state index in [0.29, 0.717) is 76.0 Å². The first kappa shape index (κ1) is 69.5. The molecule has 27 heteroatoms. The zero-order valence-electron chi connectivity index (χ0n) is 49.6. The van der Waals surface area contributed by atoms with Crippen LogP contribution in [0, 0.1) is 11.8 Å². The Balaban J connectivity index is 1.09. The van der Waals surface area contributed by atoms with Crippen molar-refractivity contribution in [3.05, 3.63) is 95.6 Å². The SMILES string of the molecule is CCC(=O)NCCNC(=O)NC(N)=NCCC[C@@H](NC(=O)[C@H](c1ccccc1)c1ccc(NCCCNC(=O)C2CCC(CNC(C=O)N3CCN(CC(=O)O)CCN(CC(=O)O)CCN(CC(=O)O)CC3)CC2)cc1)C(=O)NCc1ccc(O)cc1. The fraction of sp³-hybridized carbons (Fsp3) is 0.533. The van der Waals surface area contributed by atoms with Crippen LogP contribution in [-0.2, 0) is 44.9 Å². The third-order valence-electron chi connectivity index (χ3n) is 15.2. The van der Waals surface area contributed by atoms with Crippen LogP contribution in [0.4, 0.5) is 10.5 Å². The molecule has 3 aromatic carbocycles. The maximum Gasteiger partial charge on any atom is 0.321 e. The van der Waals surface area contributed by atoms with Crippen molar-refractivity contribution in [3.63, 3.8) is 0 Å². The minimum Gasteiger partial charge on any atom is -0.508 e. The topological polar surface area (TPSA) is 382 Å². The summed E-state index contributed by atoms with van der Waals surface area (Å²) in [5.41, 5.74) is 8.87. The van der Waals surface area contributed by atoms with Gasteiger partial charge in [0.2, 0.25) is 23.6 Å². The van der Waals surface area contributed by atoms with E-state index in [2.05, 4.69) is 47.5 Å². The number of guanidine groups is 1. The Labute approximate surface area is 507 Å². The first-order valence-electron chi connectivity index (χ1n) is 29.8. The summed E-state index contributed by atoms with van der Waals surface area (Å²) < 4.78 is 0. The molecule has 2 fully saturated rings. The fourth-order valence-corrected chi connectivity index (χ4v) is 10.3. The number of nitrogens with zero attached hydrogens (tertiary/aromatic N) is 5. The highest BCUT2D eigenvalue weighted by Crippen LogP contribution is 2.29. The van der Waals surface area contributed by atoms with Gasteiger partial charge in [-0.15, -0.1) is 0 Å². The lowest BCUT2D eigenvalue weighted by molar-refractivity contribution is -0.140.